The van der Waals surface area contributed by atoms with E-state index < -0.39 is 0 Å². The van der Waals surface area contributed by atoms with Crippen LogP contribution in [0.2, 0.25) is 0 Å². The zero-order valence-electron chi connectivity index (χ0n) is 7.72. The van der Waals surface area contributed by atoms with Crippen molar-refractivity contribution in [3.63, 3.8) is 0 Å². The quantitative estimate of drug-likeness (QED) is 0.552. The van der Waals surface area contributed by atoms with Crippen LogP contribution in [0.25, 0.3) is 0 Å². The van der Waals surface area contributed by atoms with Gasteiger partial charge in [0.25, 0.3) is 0 Å². The summed E-state index contributed by atoms with van der Waals surface area (Å²) in [5.41, 5.74) is 0. The Kier molecular flexibility index (Phi) is 2.38. The van der Waals surface area contributed by atoms with Gasteiger partial charge < -0.3 is 0 Å². The molecule has 0 aliphatic heterocycles. The molecule has 0 saturated heterocycles. The average Bonchev–Trinajstić information content (AvgIpc) is 1.87. The molecule has 0 heterocycles. The van der Waals surface area contributed by atoms with Crippen molar-refractivity contribution in [2.45, 2.75) is 40.5 Å². The lowest BCUT2D eigenvalue weighted by molar-refractivity contribution is 0.0479. The van der Waals surface area contributed by atoms with E-state index >= 15 is 0 Å². The lowest BCUT2D eigenvalue weighted by Crippen LogP contribution is -2.37. The molecule has 0 heteroatoms. The molecule has 0 bridgehead atoms. The Bertz CT molecular complexity index is 98.6. The van der Waals surface area contributed by atoms with Crippen molar-refractivity contribution < 1.29 is 0 Å². The fourth-order valence-electron chi connectivity index (χ4n) is 2.66. The molecule has 0 radical (unpaired) electrons. The minimum Gasteiger partial charge on any atom is -0.0651 e. The number of hydrogen-bond acceptors (Lipinski definition) is 0. The summed E-state index contributed by atoms with van der Waals surface area (Å²) < 4.78 is 0. The van der Waals surface area contributed by atoms with Gasteiger partial charge in [0.05, 0.1) is 0 Å². The largest absolute Gasteiger partial charge is 0.0651 e. The minimum absolute atomic E-state index is 0.957. The van der Waals surface area contributed by atoms with Gasteiger partial charge in [-0.1, -0.05) is 34.1 Å². The molecule has 0 N–H and O–H groups in total. The van der Waals surface area contributed by atoms with Gasteiger partial charge in [0.15, 0.2) is 0 Å². The molecule has 1 aliphatic rings. The van der Waals surface area contributed by atoms with E-state index in [2.05, 4.69) is 27.7 Å². The average molecular weight is 140 g/mol. The summed E-state index contributed by atoms with van der Waals surface area (Å²) in [5, 5.41) is 0. The highest BCUT2D eigenvalue weighted by atomic mass is 14.4. The first-order valence-corrected chi connectivity index (χ1v) is 4.66. The van der Waals surface area contributed by atoms with Crippen LogP contribution in [-0.4, -0.2) is 0 Å². The first-order valence-electron chi connectivity index (χ1n) is 4.66. The van der Waals surface area contributed by atoms with E-state index in [1.165, 1.54) is 12.8 Å². The molecule has 3 unspecified atom stereocenters. The highest BCUT2D eigenvalue weighted by molar-refractivity contribution is 4.86. The number of rotatable bonds is 2. The monoisotopic (exact) mass is 140 g/mol. The minimum atomic E-state index is 0.957. The van der Waals surface area contributed by atoms with Crippen LogP contribution in [0.1, 0.15) is 40.5 Å². The molecule has 0 aromatic rings. The van der Waals surface area contributed by atoms with Crippen LogP contribution in [0.3, 0.4) is 0 Å². The van der Waals surface area contributed by atoms with Crippen molar-refractivity contribution in [2.24, 2.45) is 23.7 Å². The van der Waals surface area contributed by atoms with Gasteiger partial charge in [0, 0.05) is 0 Å². The van der Waals surface area contributed by atoms with E-state index in [4.69, 9.17) is 0 Å². The fraction of sp³-hybridized carbons (Fsp3) is 1.00. The molecular formula is C10H20. The van der Waals surface area contributed by atoms with Gasteiger partial charge >= 0.3 is 0 Å². The summed E-state index contributed by atoms with van der Waals surface area (Å²) in [6, 6.07) is 0. The van der Waals surface area contributed by atoms with E-state index in [0.29, 0.717) is 0 Å². The standard InChI is InChI=1S/C10H20/c1-5-7(2)10-8(3)6-9(10)4/h7-10H,5-6H2,1-4H3. The Morgan fingerprint density at radius 3 is 2.00 bits per heavy atom. The Hall–Kier alpha value is 0. The highest BCUT2D eigenvalue weighted by Crippen LogP contribution is 2.45. The molecular weight excluding hydrogens is 120 g/mol. The Balaban J connectivity index is 2.38. The molecule has 1 fully saturated rings. The van der Waals surface area contributed by atoms with Gasteiger partial charge in [-0.2, -0.15) is 0 Å². The van der Waals surface area contributed by atoms with Gasteiger partial charge in [-0.3, -0.25) is 0 Å². The predicted octanol–water partition coefficient (Wildman–Crippen LogP) is 3.32. The summed E-state index contributed by atoms with van der Waals surface area (Å²) in [5.74, 6) is 4.00. The molecule has 0 nitrogen and oxygen atoms in total. The van der Waals surface area contributed by atoms with Gasteiger partial charge in [-0.05, 0) is 30.1 Å². The van der Waals surface area contributed by atoms with Crippen LogP contribution < -0.4 is 0 Å². The molecule has 0 spiro atoms. The van der Waals surface area contributed by atoms with Crippen molar-refractivity contribution in [3.8, 4) is 0 Å². The van der Waals surface area contributed by atoms with Crippen LogP contribution in [0.4, 0.5) is 0 Å². The highest BCUT2D eigenvalue weighted by Gasteiger charge is 2.37. The molecule has 60 valence electrons. The second kappa shape index (κ2) is 2.94. The van der Waals surface area contributed by atoms with Crippen molar-refractivity contribution in [3.05, 3.63) is 0 Å². The van der Waals surface area contributed by atoms with E-state index in [9.17, 15) is 0 Å². The molecule has 0 aromatic heterocycles. The maximum absolute atomic E-state index is 2.40. The van der Waals surface area contributed by atoms with Gasteiger partial charge in [-0.15, -0.1) is 0 Å². The zero-order valence-corrected chi connectivity index (χ0v) is 7.72. The topological polar surface area (TPSA) is 0 Å². The van der Waals surface area contributed by atoms with Crippen LogP contribution in [0.15, 0.2) is 0 Å². The van der Waals surface area contributed by atoms with Crippen molar-refractivity contribution in [1.82, 2.24) is 0 Å². The van der Waals surface area contributed by atoms with Crippen LogP contribution in [0, 0.1) is 23.7 Å². The van der Waals surface area contributed by atoms with Crippen molar-refractivity contribution in [1.29, 1.82) is 0 Å². The van der Waals surface area contributed by atoms with E-state index in [-0.39, 0.29) is 0 Å². The second-order valence-electron chi connectivity index (χ2n) is 4.15. The summed E-state index contributed by atoms with van der Waals surface area (Å²) in [6.07, 6.45) is 2.83. The zero-order chi connectivity index (χ0) is 7.72. The van der Waals surface area contributed by atoms with Gasteiger partial charge in [0.1, 0.15) is 0 Å². The van der Waals surface area contributed by atoms with Crippen LogP contribution >= 0.6 is 0 Å². The van der Waals surface area contributed by atoms with E-state index in [0.717, 1.165) is 23.7 Å². The Labute approximate surface area is 65.0 Å². The van der Waals surface area contributed by atoms with Crippen molar-refractivity contribution >= 4 is 0 Å². The summed E-state index contributed by atoms with van der Waals surface area (Å²) >= 11 is 0. The Morgan fingerprint density at radius 1 is 1.30 bits per heavy atom. The van der Waals surface area contributed by atoms with E-state index in [1.54, 1.807) is 0 Å². The summed E-state index contributed by atoms with van der Waals surface area (Å²) in [7, 11) is 0. The van der Waals surface area contributed by atoms with Gasteiger partial charge in [0.2, 0.25) is 0 Å². The lowest BCUT2D eigenvalue weighted by Gasteiger charge is -2.44. The van der Waals surface area contributed by atoms with Crippen LogP contribution in [-0.2, 0) is 0 Å². The molecule has 3 atom stereocenters. The predicted molar refractivity (Wildman–Crippen MR) is 45.9 cm³/mol. The first-order chi connectivity index (χ1) is 4.66. The molecule has 1 aliphatic carbocycles. The van der Waals surface area contributed by atoms with Crippen LogP contribution in [0.5, 0.6) is 0 Å². The maximum atomic E-state index is 2.40. The van der Waals surface area contributed by atoms with Crippen molar-refractivity contribution in [2.75, 3.05) is 0 Å². The lowest BCUT2D eigenvalue weighted by atomic mass is 9.61. The first kappa shape index (κ1) is 8.10. The molecule has 0 amide bonds. The molecule has 1 saturated carbocycles. The summed E-state index contributed by atoms with van der Waals surface area (Å²) in [6.45, 7) is 9.51. The third-order valence-electron chi connectivity index (χ3n) is 3.36. The normalized spacial score (nSPS) is 42.6. The number of hydrogen-bond donors (Lipinski definition) is 0. The third kappa shape index (κ3) is 1.21. The molecule has 1 rings (SSSR count). The smallest absolute Gasteiger partial charge is 0.0337 e. The Morgan fingerprint density at radius 2 is 1.80 bits per heavy atom. The second-order valence-corrected chi connectivity index (χ2v) is 4.15. The summed E-state index contributed by atoms with van der Waals surface area (Å²) in [4.78, 5) is 0. The van der Waals surface area contributed by atoms with E-state index in [1.807, 2.05) is 0 Å². The fourth-order valence-corrected chi connectivity index (χ4v) is 2.66. The SMILES string of the molecule is CCC(C)C1C(C)CC1C. The third-order valence-corrected chi connectivity index (χ3v) is 3.36. The molecule has 10 heavy (non-hydrogen) atoms. The van der Waals surface area contributed by atoms with Gasteiger partial charge in [-0.25, -0.2) is 0 Å². The molecule has 0 aromatic carbocycles. The maximum Gasteiger partial charge on any atom is -0.0337 e.